The van der Waals surface area contributed by atoms with E-state index in [2.05, 4.69) is 24.7 Å². The first-order chi connectivity index (χ1) is 25.1. The van der Waals surface area contributed by atoms with Crippen molar-refractivity contribution in [3.8, 4) is 0 Å². The number of carbonyl (C=O) groups excluding carboxylic acids is 5. The van der Waals surface area contributed by atoms with Gasteiger partial charge in [0.15, 0.2) is 5.79 Å². The summed E-state index contributed by atoms with van der Waals surface area (Å²) in [6, 6.07) is 0. The molecule has 0 bridgehead atoms. The molecule has 2 aliphatic heterocycles. The minimum absolute atomic E-state index is 0.0911. The molecular formula is C41H60O12. The Balaban J connectivity index is 2.36. The molecule has 0 aromatic rings. The van der Waals surface area contributed by atoms with Crippen molar-refractivity contribution < 1.29 is 57.1 Å². The number of hydrogen-bond donors (Lipinski definition) is 0. The molecule has 0 saturated carbocycles. The highest BCUT2D eigenvalue weighted by atomic mass is 16.7. The van der Waals surface area contributed by atoms with Crippen molar-refractivity contribution >= 4 is 29.8 Å². The second kappa shape index (κ2) is 22.2. The average molecular weight is 745 g/mol. The molecule has 0 radical (unpaired) electrons. The van der Waals surface area contributed by atoms with Crippen molar-refractivity contribution in [2.45, 2.75) is 135 Å². The van der Waals surface area contributed by atoms with Crippen molar-refractivity contribution in [3.05, 3.63) is 59.8 Å². The molecule has 2 aliphatic rings. The fourth-order valence-electron chi connectivity index (χ4n) is 6.35. The highest BCUT2D eigenvalue weighted by Crippen LogP contribution is 2.48. The van der Waals surface area contributed by atoms with Crippen molar-refractivity contribution in [3.63, 3.8) is 0 Å². The Morgan fingerprint density at radius 1 is 0.830 bits per heavy atom. The minimum atomic E-state index is -1.01. The second-order valence-electron chi connectivity index (χ2n) is 14.0. The number of esters is 5. The number of rotatable bonds is 18. The molecule has 0 aliphatic carbocycles. The molecule has 53 heavy (non-hydrogen) atoms. The molecule has 296 valence electrons. The Hall–Kier alpha value is -4.03. The smallest absolute Gasteiger partial charge is 0.330 e. The lowest BCUT2D eigenvalue weighted by Crippen LogP contribution is -2.59. The third-order valence-corrected chi connectivity index (χ3v) is 9.66. The zero-order chi connectivity index (χ0) is 39.6. The SMILES string of the molecule is CCCCC1(OC(=O)CCC(=O)OC)CCC2(CCC(C)C(C/C=C(C)/C=C/C(OC(C)=O)C(C)/C=C/C(=O)OC)O2)OC1/C=C/C(C)=C/C(=O)OC. The summed E-state index contributed by atoms with van der Waals surface area (Å²) < 4.78 is 39.6. The highest BCUT2D eigenvalue weighted by molar-refractivity contribution is 5.83. The Kier molecular flexibility index (Phi) is 18.9. The molecule has 0 N–H and O–H groups in total. The van der Waals surface area contributed by atoms with Gasteiger partial charge in [0, 0.05) is 37.8 Å². The fourth-order valence-corrected chi connectivity index (χ4v) is 6.35. The summed E-state index contributed by atoms with van der Waals surface area (Å²) in [6.07, 6.45) is 17.3. The van der Waals surface area contributed by atoms with Gasteiger partial charge in [0.2, 0.25) is 0 Å². The van der Waals surface area contributed by atoms with E-state index in [4.69, 9.17) is 28.4 Å². The lowest BCUT2D eigenvalue weighted by atomic mass is 9.78. The monoisotopic (exact) mass is 744 g/mol. The summed E-state index contributed by atoms with van der Waals surface area (Å²) in [5.41, 5.74) is 0.565. The quantitative estimate of drug-likeness (QED) is 0.0618. The van der Waals surface area contributed by atoms with Crippen LogP contribution in [0.25, 0.3) is 0 Å². The number of carbonyl (C=O) groups is 5. The summed E-state index contributed by atoms with van der Waals surface area (Å²) in [5, 5.41) is 0. The van der Waals surface area contributed by atoms with Crippen LogP contribution in [0.4, 0.5) is 0 Å². The van der Waals surface area contributed by atoms with Gasteiger partial charge in [-0.1, -0.05) is 63.1 Å². The highest BCUT2D eigenvalue weighted by Gasteiger charge is 2.54. The van der Waals surface area contributed by atoms with Crippen LogP contribution < -0.4 is 0 Å². The van der Waals surface area contributed by atoms with Crippen LogP contribution in [0.2, 0.25) is 0 Å². The van der Waals surface area contributed by atoms with Crippen molar-refractivity contribution in [1.82, 2.24) is 0 Å². The Morgan fingerprint density at radius 2 is 1.53 bits per heavy atom. The number of allylic oxidation sites excluding steroid dienone is 4. The number of hydrogen-bond acceptors (Lipinski definition) is 12. The zero-order valence-electron chi connectivity index (χ0n) is 33.0. The van der Waals surface area contributed by atoms with Crippen LogP contribution in [0.15, 0.2) is 59.8 Å². The van der Waals surface area contributed by atoms with E-state index in [9.17, 15) is 24.0 Å². The summed E-state index contributed by atoms with van der Waals surface area (Å²) >= 11 is 0. The molecule has 12 heteroatoms. The van der Waals surface area contributed by atoms with Gasteiger partial charge in [-0.2, -0.15) is 0 Å². The van der Waals surface area contributed by atoms with Gasteiger partial charge in [0.1, 0.15) is 17.8 Å². The molecule has 12 nitrogen and oxygen atoms in total. The Labute approximate surface area is 314 Å². The molecule has 7 unspecified atom stereocenters. The predicted molar refractivity (Wildman–Crippen MR) is 198 cm³/mol. The van der Waals surface area contributed by atoms with Crippen LogP contribution in [0.3, 0.4) is 0 Å². The molecule has 2 saturated heterocycles. The molecule has 7 atom stereocenters. The lowest BCUT2D eigenvalue weighted by molar-refractivity contribution is -0.344. The first kappa shape index (κ1) is 45.1. The van der Waals surface area contributed by atoms with E-state index in [-0.39, 0.29) is 30.8 Å². The van der Waals surface area contributed by atoms with Crippen LogP contribution in [-0.2, 0) is 57.1 Å². The molecule has 1 spiro atoms. The molecule has 0 aromatic heterocycles. The minimum Gasteiger partial charge on any atom is -0.469 e. The van der Waals surface area contributed by atoms with E-state index in [0.717, 1.165) is 24.8 Å². The molecule has 2 fully saturated rings. The number of methoxy groups -OCH3 is 3. The van der Waals surface area contributed by atoms with Crippen LogP contribution in [-0.4, -0.2) is 80.9 Å². The van der Waals surface area contributed by atoms with E-state index in [1.807, 2.05) is 26.0 Å². The normalized spacial score (nSPS) is 26.4. The van der Waals surface area contributed by atoms with Gasteiger partial charge in [0.05, 0.1) is 40.3 Å². The van der Waals surface area contributed by atoms with E-state index >= 15 is 0 Å². The molecule has 0 aromatic carbocycles. The maximum Gasteiger partial charge on any atom is 0.330 e. The van der Waals surface area contributed by atoms with Gasteiger partial charge < -0.3 is 33.2 Å². The molecule has 2 rings (SSSR count). The average Bonchev–Trinajstić information content (AvgIpc) is 3.13. The van der Waals surface area contributed by atoms with Gasteiger partial charge in [0.25, 0.3) is 0 Å². The molecule has 0 amide bonds. The van der Waals surface area contributed by atoms with E-state index in [0.29, 0.717) is 37.7 Å². The summed E-state index contributed by atoms with van der Waals surface area (Å²) in [6.45, 7) is 11.1. The van der Waals surface area contributed by atoms with Crippen molar-refractivity contribution in [2.75, 3.05) is 21.3 Å². The Morgan fingerprint density at radius 3 is 2.17 bits per heavy atom. The van der Waals surface area contributed by atoms with Gasteiger partial charge >= 0.3 is 29.8 Å². The lowest BCUT2D eigenvalue weighted by Gasteiger charge is -2.53. The van der Waals surface area contributed by atoms with Crippen molar-refractivity contribution in [1.29, 1.82) is 0 Å². The summed E-state index contributed by atoms with van der Waals surface area (Å²) in [7, 11) is 3.89. The van der Waals surface area contributed by atoms with E-state index in [1.165, 1.54) is 40.4 Å². The summed E-state index contributed by atoms with van der Waals surface area (Å²) in [4.78, 5) is 60.2. The van der Waals surface area contributed by atoms with Crippen LogP contribution in [0.1, 0.15) is 106 Å². The third-order valence-electron chi connectivity index (χ3n) is 9.66. The standard InChI is InChI=1S/C41H60O12/c1-10-11-23-40(53-38(45)21-20-37(44)48-8)25-26-41(52-35(40)18-14-29(3)27-39(46)49-9)24-22-31(5)34(51-41)17-13-28(2)12-16-33(50-32(6)42)30(4)15-19-36(43)47-7/h12-16,18-19,27,30-31,33-35H,10-11,17,20-26H2,1-9H3/b16-12+,18-14+,19-15+,28-13+,29-27+. The number of ether oxygens (including phenoxy) is 7. The predicted octanol–water partition coefficient (Wildman–Crippen LogP) is 6.97. The maximum atomic E-state index is 13.2. The molecular weight excluding hydrogens is 684 g/mol. The summed E-state index contributed by atoms with van der Waals surface area (Å²) in [5.74, 6) is -3.39. The van der Waals surface area contributed by atoms with Gasteiger partial charge in [-0.15, -0.1) is 0 Å². The van der Waals surface area contributed by atoms with Gasteiger partial charge in [-0.3, -0.25) is 14.4 Å². The van der Waals surface area contributed by atoms with Gasteiger partial charge in [-0.05, 0) is 63.5 Å². The first-order valence-electron chi connectivity index (χ1n) is 18.5. The Bertz CT molecular complexity index is 1410. The van der Waals surface area contributed by atoms with Crippen LogP contribution in [0.5, 0.6) is 0 Å². The largest absolute Gasteiger partial charge is 0.469 e. The third kappa shape index (κ3) is 15.1. The topological polar surface area (TPSA) is 150 Å². The number of unbranched alkanes of at least 4 members (excludes halogenated alkanes) is 1. The second-order valence-corrected chi connectivity index (χ2v) is 14.0. The van der Waals surface area contributed by atoms with E-state index < -0.39 is 53.4 Å². The molecule has 2 heterocycles. The zero-order valence-corrected chi connectivity index (χ0v) is 33.0. The maximum absolute atomic E-state index is 13.2. The van der Waals surface area contributed by atoms with Gasteiger partial charge in [-0.25, -0.2) is 9.59 Å². The first-order valence-corrected chi connectivity index (χ1v) is 18.5. The van der Waals surface area contributed by atoms with Crippen LogP contribution in [0, 0.1) is 11.8 Å². The fraction of sp³-hybridized carbons (Fsp3) is 0.634. The van der Waals surface area contributed by atoms with Crippen LogP contribution >= 0.6 is 0 Å². The van der Waals surface area contributed by atoms with E-state index in [1.54, 1.807) is 25.2 Å². The van der Waals surface area contributed by atoms with Crippen molar-refractivity contribution in [2.24, 2.45) is 11.8 Å².